The predicted octanol–water partition coefficient (Wildman–Crippen LogP) is 3.65. The van der Waals surface area contributed by atoms with Gasteiger partial charge in [-0.15, -0.1) is 24.0 Å². The van der Waals surface area contributed by atoms with Crippen LogP contribution < -0.4 is 11.1 Å². The standard InChI is InChI=1S/C20H25N3O2S.HI/c1-26(24,25)14-16-7-4-6-15(12-16)13-22-20(21)23-19-11-5-9-17-8-2-3-10-18(17)19;/h4-7,9,11-12H,2-3,8,10,13-14H2,1H3,(H3,21,22,23);1H. The van der Waals surface area contributed by atoms with Crippen molar-refractivity contribution in [3.63, 3.8) is 0 Å². The Hall–Kier alpha value is -1.61. The fraction of sp³-hybridized carbons (Fsp3) is 0.350. The zero-order valence-electron chi connectivity index (χ0n) is 15.4. The largest absolute Gasteiger partial charge is 0.370 e. The van der Waals surface area contributed by atoms with Crippen LogP contribution in [0.3, 0.4) is 0 Å². The van der Waals surface area contributed by atoms with E-state index in [1.165, 1.54) is 30.2 Å². The normalized spacial score (nSPS) is 14.2. The van der Waals surface area contributed by atoms with Crippen molar-refractivity contribution in [1.82, 2.24) is 0 Å². The van der Waals surface area contributed by atoms with Crippen molar-refractivity contribution in [3.05, 3.63) is 64.7 Å². The Balaban J connectivity index is 0.00000261. The number of nitrogens with one attached hydrogen (secondary N) is 1. The van der Waals surface area contributed by atoms with Crippen molar-refractivity contribution < 1.29 is 8.42 Å². The second-order valence-corrected chi connectivity index (χ2v) is 9.01. The number of sulfone groups is 1. The molecule has 0 heterocycles. The van der Waals surface area contributed by atoms with Gasteiger partial charge in [-0.05, 0) is 54.0 Å². The van der Waals surface area contributed by atoms with Crippen LogP contribution in [-0.4, -0.2) is 20.6 Å². The number of fused-ring (bicyclic) bond motifs is 1. The molecule has 0 fully saturated rings. The summed E-state index contributed by atoms with van der Waals surface area (Å²) in [6, 6.07) is 13.7. The van der Waals surface area contributed by atoms with Gasteiger partial charge in [0.05, 0.1) is 12.3 Å². The van der Waals surface area contributed by atoms with Gasteiger partial charge in [-0.3, -0.25) is 0 Å². The topological polar surface area (TPSA) is 84.5 Å². The molecule has 0 unspecified atom stereocenters. The van der Waals surface area contributed by atoms with Crippen molar-refractivity contribution in [3.8, 4) is 0 Å². The lowest BCUT2D eigenvalue weighted by Crippen LogP contribution is -2.24. The molecule has 7 heteroatoms. The molecule has 0 atom stereocenters. The number of halogens is 1. The van der Waals surface area contributed by atoms with Gasteiger partial charge in [0.15, 0.2) is 15.8 Å². The molecule has 3 rings (SSSR count). The summed E-state index contributed by atoms with van der Waals surface area (Å²) in [5, 5.41) is 3.23. The van der Waals surface area contributed by atoms with Crippen molar-refractivity contribution in [2.45, 2.75) is 38.0 Å². The SMILES string of the molecule is CS(=O)(=O)Cc1cccc(CN=C(N)Nc2cccc3c2CCCC3)c1.I. The van der Waals surface area contributed by atoms with Crippen LogP contribution in [0.15, 0.2) is 47.5 Å². The molecule has 0 aliphatic heterocycles. The lowest BCUT2D eigenvalue weighted by molar-refractivity contribution is 0.601. The predicted molar refractivity (Wildman–Crippen MR) is 122 cm³/mol. The van der Waals surface area contributed by atoms with E-state index in [-0.39, 0.29) is 29.7 Å². The van der Waals surface area contributed by atoms with Gasteiger partial charge in [0.25, 0.3) is 0 Å². The summed E-state index contributed by atoms with van der Waals surface area (Å²) in [6.07, 6.45) is 5.87. The first-order valence-electron chi connectivity index (χ1n) is 8.84. The number of nitrogens with two attached hydrogens (primary N) is 1. The van der Waals surface area contributed by atoms with Crippen molar-refractivity contribution in [2.24, 2.45) is 10.7 Å². The minimum atomic E-state index is -3.05. The lowest BCUT2D eigenvalue weighted by atomic mass is 9.90. The zero-order valence-corrected chi connectivity index (χ0v) is 18.6. The number of benzene rings is 2. The molecular formula is C20H26IN3O2S. The highest BCUT2D eigenvalue weighted by atomic mass is 127. The number of anilines is 1. The van der Waals surface area contributed by atoms with Gasteiger partial charge in [0.2, 0.25) is 0 Å². The molecule has 5 nitrogen and oxygen atoms in total. The molecule has 0 radical (unpaired) electrons. The third-order valence-electron chi connectivity index (χ3n) is 4.51. The highest BCUT2D eigenvalue weighted by Crippen LogP contribution is 2.27. The number of aliphatic imine (C=N–C) groups is 1. The van der Waals surface area contributed by atoms with E-state index in [2.05, 4.69) is 22.4 Å². The minimum Gasteiger partial charge on any atom is -0.370 e. The Labute approximate surface area is 178 Å². The molecule has 0 aromatic heterocycles. The molecule has 0 spiro atoms. The van der Waals surface area contributed by atoms with Gasteiger partial charge in [0, 0.05) is 11.9 Å². The van der Waals surface area contributed by atoms with Crippen molar-refractivity contribution in [2.75, 3.05) is 11.6 Å². The van der Waals surface area contributed by atoms with E-state index in [0.29, 0.717) is 12.5 Å². The van der Waals surface area contributed by atoms with E-state index in [1.54, 1.807) is 0 Å². The van der Waals surface area contributed by atoms with Crippen LogP contribution >= 0.6 is 24.0 Å². The highest BCUT2D eigenvalue weighted by Gasteiger charge is 2.13. The summed E-state index contributed by atoms with van der Waals surface area (Å²) in [7, 11) is -3.05. The Morgan fingerprint density at radius 3 is 2.59 bits per heavy atom. The van der Waals surface area contributed by atoms with Crippen molar-refractivity contribution >= 4 is 45.5 Å². The molecule has 1 aliphatic rings. The maximum atomic E-state index is 11.4. The van der Waals surface area contributed by atoms with E-state index in [4.69, 9.17) is 5.73 Å². The Morgan fingerprint density at radius 1 is 1.11 bits per heavy atom. The quantitative estimate of drug-likeness (QED) is 0.374. The maximum Gasteiger partial charge on any atom is 0.193 e. The Kier molecular flexibility index (Phi) is 7.67. The van der Waals surface area contributed by atoms with Crippen LogP contribution in [0, 0.1) is 0 Å². The Bertz CT molecular complexity index is 927. The number of nitrogens with zero attached hydrogens (tertiary/aromatic N) is 1. The van der Waals surface area contributed by atoms with Gasteiger partial charge in [-0.1, -0.05) is 36.4 Å². The molecule has 27 heavy (non-hydrogen) atoms. The summed E-state index contributed by atoms with van der Waals surface area (Å²) in [5.41, 5.74) is 11.5. The van der Waals surface area contributed by atoms with Crippen molar-refractivity contribution in [1.29, 1.82) is 0 Å². The van der Waals surface area contributed by atoms with Gasteiger partial charge < -0.3 is 11.1 Å². The zero-order chi connectivity index (χ0) is 18.6. The molecule has 2 aromatic rings. The Morgan fingerprint density at radius 2 is 1.81 bits per heavy atom. The van der Waals surface area contributed by atoms with E-state index < -0.39 is 9.84 Å². The maximum absolute atomic E-state index is 11.4. The second kappa shape index (κ2) is 9.54. The van der Waals surface area contributed by atoms with E-state index in [9.17, 15) is 8.42 Å². The first-order chi connectivity index (χ1) is 12.4. The average molecular weight is 499 g/mol. The fourth-order valence-electron chi connectivity index (χ4n) is 3.37. The lowest BCUT2D eigenvalue weighted by Gasteiger charge is -2.19. The number of hydrogen-bond donors (Lipinski definition) is 2. The van der Waals surface area contributed by atoms with E-state index >= 15 is 0 Å². The molecule has 2 aromatic carbocycles. The van der Waals surface area contributed by atoms with Crippen LogP contribution in [0.1, 0.15) is 35.1 Å². The van der Waals surface area contributed by atoms with Crippen LogP contribution in [0.4, 0.5) is 5.69 Å². The number of guanidine groups is 1. The summed E-state index contributed by atoms with van der Waals surface area (Å²) in [4.78, 5) is 4.41. The molecular weight excluding hydrogens is 473 g/mol. The fourth-order valence-corrected chi connectivity index (χ4v) is 4.16. The smallest absolute Gasteiger partial charge is 0.193 e. The molecule has 0 amide bonds. The third kappa shape index (κ3) is 6.49. The van der Waals surface area contributed by atoms with Gasteiger partial charge in [0.1, 0.15) is 0 Å². The molecule has 0 saturated carbocycles. The summed E-state index contributed by atoms with van der Waals surface area (Å²) < 4.78 is 22.9. The second-order valence-electron chi connectivity index (χ2n) is 6.87. The monoisotopic (exact) mass is 499 g/mol. The van der Waals surface area contributed by atoms with Crippen LogP contribution in [0.25, 0.3) is 0 Å². The molecule has 0 bridgehead atoms. The van der Waals surface area contributed by atoms with E-state index in [1.807, 2.05) is 30.3 Å². The van der Waals surface area contributed by atoms with Gasteiger partial charge in [-0.2, -0.15) is 0 Å². The summed E-state index contributed by atoms with van der Waals surface area (Å²) in [5.74, 6) is 0.409. The highest BCUT2D eigenvalue weighted by molar-refractivity contribution is 14.0. The summed E-state index contributed by atoms with van der Waals surface area (Å²) >= 11 is 0. The van der Waals surface area contributed by atoms with Crippen LogP contribution in [0.2, 0.25) is 0 Å². The molecule has 1 aliphatic carbocycles. The summed E-state index contributed by atoms with van der Waals surface area (Å²) in [6.45, 7) is 0.408. The van der Waals surface area contributed by atoms with Crippen LogP contribution in [-0.2, 0) is 35.0 Å². The number of aryl methyl sites for hydroxylation is 1. The van der Waals surface area contributed by atoms with E-state index in [0.717, 1.165) is 29.7 Å². The average Bonchev–Trinajstić information content (AvgIpc) is 2.59. The molecule has 3 N–H and O–H groups in total. The first-order valence-corrected chi connectivity index (χ1v) is 10.9. The van der Waals surface area contributed by atoms with Gasteiger partial charge in [-0.25, -0.2) is 13.4 Å². The number of hydrogen-bond acceptors (Lipinski definition) is 3. The third-order valence-corrected chi connectivity index (χ3v) is 5.37. The molecule has 146 valence electrons. The molecule has 0 saturated heterocycles. The minimum absolute atomic E-state index is 0. The van der Waals surface area contributed by atoms with Gasteiger partial charge >= 0.3 is 0 Å². The van der Waals surface area contributed by atoms with Crippen LogP contribution in [0.5, 0.6) is 0 Å². The number of rotatable bonds is 5. The first kappa shape index (κ1) is 21.7.